The molecule has 19 heavy (non-hydrogen) atoms. The zero-order chi connectivity index (χ0) is 13.8. The van der Waals surface area contributed by atoms with Crippen LogP contribution in [0.2, 0.25) is 0 Å². The fourth-order valence-corrected chi connectivity index (χ4v) is 2.99. The molecule has 2 nitrogen and oxygen atoms in total. The third-order valence-electron chi connectivity index (χ3n) is 3.05. The van der Waals surface area contributed by atoms with Gasteiger partial charge in [0.1, 0.15) is 0 Å². The Kier molecular flexibility index (Phi) is 4.56. The van der Waals surface area contributed by atoms with Gasteiger partial charge in [-0.1, -0.05) is 26.0 Å². The summed E-state index contributed by atoms with van der Waals surface area (Å²) in [6, 6.07) is 8.90. The Hall–Kier alpha value is -1.39. The lowest BCUT2D eigenvalue weighted by molar-refractivity contribution is 0.413. The maximum absolute atomic E-state index is 13.3. The summed E-state index contributed by atoms with van der Waals surface area (Å²) in [5.41, 5.74) is 0.831. The summed E-state index contributed by atoms with van der Waals surface area (Å²) < 4.78 is 13.3. The van der Waals surface area contributed by atoms with E-state index >= 15 is 0 Å². The van der Waals surface area contributed by atoms with Crippen molar-refractivity contribution in [2.45, 2.75) is 26.4 Å². The van der Waals surface area contributed by atoms with Gasteiger partial charge in [0.2, 0.25) is 0 Å². The van der Waals surface area contributed by atoms with E-state index < -0.39 is 5.82 Å². The molecule has 1 unspecified atom stereocenters. The molecule has 0 fully saturated rings. The molecule has 0 bridgehead atoms. The molecule has 0 saturated heterocycles. The Bertz CT molecular complexity index is 525. The van der Waals surface area contributed by atoms with Crippen LogP contribution in [0.4, 0.5) is 4.39 Å². The molecule has 0 aliphatic heterocycles. The molecule has 0 spiro atoms. The van der Waals surface area contributed by atoms with E-state index in [9.17, 15) is 4.39 Å². The molecular weight excluding hydrogens is 261 g/mol. The van der Waals surface area contributed by atoms with Crippen molar-refractivity contribution in [2.75, 3.05) is 0 Å². The molecule has 102 valence electrons. The van der Waals surface area contributed by atoms with Gasteiger partial charge in [-0.3, -0.25) is 0 Å². The zero-order valence-electron chi connectivity index (χ0n) is 11.1. The van der Waals surface area contributed by atoms with E-state index in [1.807, 2.05) is 6.07 Å². The van der Waals surface area contributed by atoms with Crippen molar-refractivity contribution in [3.05, 3.63) is 52.0 Å². The molecule has 4 heteroatoms. The minimum Gasteiger partial charge on any atom is -0.505 e. The summed E-state index contributed by atoms with van der Waals surface area (Å²) in [5.74, 6) is -0.417. The Morgan fingerprint density at radius 3 is 2.68 bits per heavy atom. The minimum absolute atomic E-state index is 0.261. The highest BCUT2D eigenvalue weighted by atomic mass is 32.1. The van der Waals surface area contributed by atoms with E-state index in [1.54, 1.807) is 17.4 Å². The number of benzene rings is 1. The first-order chi connectivity index (χ1) is 9.08. The van der Waals surface area contributed by atoms with Crippen LogP contribution < -0.4 is 5.32 Å². The average Bonchev–Trinajstić information content (AvgIpc) is 2.87. The van der Waals surface area contributed by atoms with E-state index in [-0.39, 0.29) is 11.8 Å². The summed E-state index contributed by atoms with van der Waals surface area (Å²) in [6.45, 7) is 4.90. The van der Waals surface area contributed by atoms with Crippen molar-refractivity contribution in [1.82, 2.24) is 5.32 Å². The lowest BCUT2D eigenvalue weighted by Crippen LogP contribution is -2.24. The number of aromatic hydroxyl groups is 1. The van der Waals surface area contributed by atoms with Crippen molar-refractivity contribution in [3.63, 3.8) is 0 Å². The van der Waals surface area contributed by atoms with Crippen LogP contribution in [0.5, 0.6) is 5.75 Å². The van der Waals surface area contributed by atoms with Gasteiger partial charge in [0.05, 0.1) is 0 Å². The van der Waals surface area contributed by atoms with Gasteiger partial charge in [-0.15, -0.1) is 11.3 Å². The highest BCUT2D eigenvalue weighted by Crippen LogP contribution is 2.26. The van der Waals surface area contributed by atoms with Gasteiger partial charge < -0.3 is 10.4 Å². The zero-order valence-corrected chi connectivity index (χ0v) is 11.9. The molecule has 2 N–H and O–H groups in total. The highest BCUT2D eigenvalue weighted by molar-refractivity contribution is 7.10. The van der Waals surface area contributed by atoms with Crippen LogP contribution in [-0.2, 0) is 6.54 Å². The van der Waals surface area contributed by atoms with E-state index in [1.165, 1.54) is 17.0 Å². The summed E-state index contributed by atoms with van der Waals surface area (Å²) in [7, 11) is 0. The van der Waals surface area contributed by atoms with Gasteiger partial charge >= 0.3 is 0 Å². The first-order valence-electron chi connectivity index (χ1n) is 6.32. The smallest absolute Gasteiger partial charge is 0.165 e. The molecule has 1 atom stereocenters. The van der Waals surface area contributed by atoms with E-state index in [0.717, 1.165) is 5.56 Å². The molecule has 0 aliphatic carbocycles. The minimum atomic E-state index is -0.573. The molecule has 1 aromatic carbocycles. The fourth-order valence-electron chi connectivity index (χ4n) is 2.02. The van der Waals surface area contributed by atoms with Crippen LogP contribution in [-0.4, -0.2) is 5.11 Å². The maximum Gasteiger partial charge on any atom is 0.165 e. The molecule has 2 rings (SSSR count). The van der Waals surface area contributed by atoms with Crippen LogP contribution in [0.15, 0.2) is 35.7 Å². The Labute approximate surface area is 116 Å². The molecule has 1 aromatic heterocycles. The number of phenolic OH excluding ortho intramolecular Hbond substituents is 1. The Balaban J connectivity index is 2.05. The number of rotatable bonds is 5. The molecule has 1 heterocycles. The first-order valence-corrected chi connectivity index (χ1v) is 7.20. The SMILES string of the molecule is CC(C)C(NCc1ccc(O)c(F)c1)c1cccs1. The van der Waals surface area contributed by atoms with Crippen LogP contribution in [0.1, 0.15) is 30.3 Å². The van der Waals surface area contributed by atoms with Crippen molar-refractivity contribution in [1.29, 1.82) is 0 Å². The Morgan fingerprint density at radius 1 is 1.32 bits per heavy atom. The topological polar surface area (TPSA) is 32.3 Å². The van der Waals surface area contributed by atoms with Crippen molar-refractivity contribution >= 4 is 11.3 Å². The number of halogens is 1. The van der Waals surface area contributed by atoms with Crippen LogP contribution >= 0.6 is 11.3 Å². The highest BCUT2D eigenvalue weighted by Gasteiger charge is 2.16. The standard InChI is InChI=1S/C15H18FNOS/c1-10(2)15(14-4-3-7-19-14)17-9-11-5-6-13(18)12(16)8-11/h3-8,10,15,17-18H,9H2,1-2H3. The number of nitrogens with one attached hydrogen (secondary N) is 1. The third kappa shape index (κ3) is 3.55. The lowest BCUT2D eigenvalue weighted by Gasteiger charge is -2.21. The van der Waals surface area contributed by atoms with Gasteiger partial charge in [0.15, 0.2) is 11.6 Å². The lowest BCUT2D eigenvalue weighted by atomic mass is 10.0. The van der Waals surface area contributed by atoms with Gasteiger partial charge in [0.25, 0.3) is 0 Å². The van der Waals surface area contributed by atoms with Crippen LogP contribution in [0.3, 0.4) is 0 Å². The molecule has 2 aromatic rings. The first kappa shape index (κ1) is 14.0. The quantitative estimate of drug-likeness (QED) is 0.864. The molecule has 0 saturated carbocycles. The molecule has 0 radical (unpaired) electrons. The maximum atomic E-state index is 13.3. The summed E-state index contributed by atoms with van der Waals surface area (Å²) in [6.07, 6.45) is 0. The van der Waals surface area contributed by atoms with Gasteiger partial charge in [-0.25, -0.2) is 4.39 Å². The summed E-state index contributed by atoms with van der Waals surface area (Å²) >= 11 is 1.72. The van der Waals surface area contributed by atoms with Crippen molar-refractivity contribution in [3.8, 4) is 5.75 Å². The summed E-state index contributed by atoms with van der Waals surface area (Å²) in [5, 5.41) is 14.7. The number of hydrogen-bond donors (Lipinski definition) is 2. The normalized spacial score (nSPS) is 12.8. The second-order valence-electron chi connectivity index (χ2n) is 4.90. The largest absolute Gasteiger partial charge is 0.505 e. The third-order valence-corrected chi connectivity index (χ3v) is 4.01. The second kappa shape index (κ2) is 6.17. The van der Waals surface area contributed by atoms with Gasteiger partial charge in [-0.2, -0.15) is 0 Å². The number of hydrogen-bond acceptors (Lipinski definition) is 3. The van der Waals surface area contributed by atoms with Crippen molar-refractivity contribution < 1.29 is 9.50 Å². The second-order valence-corrected chi connectivity index (χ2v) is 5.88. The van der Waals surface area contributed by atoms with E-state index in [4.69, 9.17) is 5.11 Å². The average molecular weight is 279 g/mol. The van der Waals surface area contributed by atoms with Crippen LogP contribution in [0, 0.1) is 11.7 Å². The number of phenols is 1. The Morgan fingerprint density at radius 2 is 2.11 bits per heavy atom. The van der Waals surface area contributed by atoms with Gasteiger partial charge in [-0.05, 0) is 35.1 Å². The molecular formula is C15H18FNOS. The molecule has 0 amide bonds. The molecule has 0 aliphatic rings. The number of thiophene rings is 1. The monoisotopic (exact) mass is 279 g/mol. The van der Waals surface area contributed by atoms with Crippen molar-refractivity contribution in [2.24, 2.45) is 5.92 Å². The predicted octanol–water partition coefficient (Wildman–Crippen LogP) is 4.08. The fraction of sp³-hybridized carbons (Fsp3) is 0.333. The van der Waals surface area contributed by atoms with E-state index in [0.29, 0.717) is 12.5 Å². The van der Waals surface area contributed by atoms with Gasteiger partial charge in [0, 0.05) is 17.5 Å². The van der Waals surface area contributed by atoms with E-state index in [2.05, 4.69) is 30.6 Å². The van der Waals surface area contributed by atoms with Crippen LogP contribution in [0.25, 0.3) is 0 Å². The summed E-state index contributed by atoms with van der Waals surface area (Å²) in [4.78, 5) is 1.29. The predicted molar refractivity (Wildman–Crippen MR) is 76.8 cm³/mol.